The number of nitrogens with zero attached hydrogens (tertiary/aromatic N) is 2. The fourth-order valence-corrected chi connectivity index (χ4v) is 1.38. The van der Waals surface area contributed by atoms with Crippen molar-refractivity contribution in [2.24, 2.45) is 5.10 Å². The Morgan fingerprint density at radius 2 is 2.23 bits per heavy atom. The zero-order chi connectivity index (χ0) is 9.68. The van der Waals surface area contributed by atoms with E-state index >= 15 is 0 Å². The van der Waals surface area contributed by atoms with Crippen LogP contribution in [0.4, 0.5) is 0 Å². The average molecular weight is 183 g/mol. The van der Waals surface area contributed by atoms with Gasteiger partial charge in [0.2, 0.25) is 5.91 Å². The van der Waals surface area contributed by atoms with Crippen molar-refractivity contribution in [3.63, 3.8) is 0 Å². The van der Waals surface area contributed by atoms with Crippen LogP contribution in [0.1, 0.15) is 26.2 Å². The van der Waals surface area contributed by atoms with Crippen molar-refractivity contribution in [2.75, 3.05) is 20.1 Å². The summed E-state index contributed by atoms with van der Waals surface area (Å²) in [6, 6.07) is 0. The zero-order valence-corrected chi connectivity index (χ0v) is 8.34. The number of rotatable bonds is 1. The molecule has 1 amide bonds. The summed E-state index contributed by atoms with van der Waals surface area (Å²) in [6.45, 7) is 3.64. The van der Waals surface area contributed by atoms with E-state index in [2.05, 4.69) is 22.5 Å². The highest BCUT2D eigenvalue weighted by atomic mass is 16.2. The molecule has 13 heavy (non-hydrogen) atoms. The minimum absolute atomic E-state index is 0.0925. The largest absolute Gasteiger partial charge is 0.306 e. The number of hydrogen-bond donors (Lipinski definition) is 1. The monoisotopic (exact) mass is 183 g/mol. The van der Waals surface area contributed by atoms with E-state index < -0.39 is 0 Å². The van der Waals surface area contributed by atoms with Gasteiger partial charge in [-0.2, -0.15) is 5.10 Å². The van der Waals surface area contributed by atoms with Crippen LogP contribution in [0.2, 0.25) is 0 Å². The molecule has 1 aliphatic heterocycles. The van der Waals surface area contributed by atoms with Crippen LogP contribution in [-0.2, 0) is 4.79 Å². The molecule has 1 N–H and O–H groups in total. The summed E-state index contributed by atoms with van der Waals surface area (Å²) in [6.07, 6.45) is 3.11. The topological polar surface area (TPSA) is 44.7 Å². The summed E-state index contributed by atoms with van der Waals surface area (Å²) < 4.78 is 0. The molecule has 0 aliphatic carbocycles. The predicted octanol–water partition coefficient (Wildman–Crippen LogP) is 0.594. The number of likely N-dealkylation sites (tertiary alicyclic amines) is 1. The summed E-state index contributed by atoms with van der Waals surface area (Å²) in [5.41, 5.74) is 3.60. The molecule has 1 saturated heterocycles. The maximum Gasteiger partial charge on any atom is 0.236 e. The molecule has 0 bridgehead atoms. The molecule has 4 heteroatoms. The van der Waals surface area contributed by atoms with E-state index in [1.807, 2.05) is 0 Å². The molecule has 0 atom stereocenters. The molecular weight excluding hydrogens is 166 g/mol. The second-order valence-electron chi connectivity index (χ2n) is 3.50. The number of hydrogen-bond acceptors (Lipinski definition) is 3. The lowest BCUT2D eigenvalue weighted by molar-refractivity contribution is -0.118. The predicted molar refractivity (Wildman–Crippen MR) is 52.6 cm³/mol. The van der Waals surface area contributed by atoms with E-state index in [9.17, 15) is 4.79 Å². The Balaban J connectivity index is 2.41. The van der Waals surface area contributed by atoms with Gasteiger partial charge in [0.1, 0.15) is 0 Å². The van der Waals surface area contributed by atoms with E-state index in [1.165, 1.54) is 6.92 Å². The number of nitrogens with one attached hydrogen (secondary N) is 1. The summed E-state index contributed by atoms with van der Waals surface area (Å²) in [5, 5.41) is 4.07. The molecule has 0 saturated carbocycles. The van der Waals surface area contributed by atoms with Crippen molar-refractivity contribution in [3.05, 3.63) is 0 Å². The Bertz CT molecular complexity index is 213. The van der Waals surface area contributed by atoms with Crippen molar-refractivity contribution in [1.82, 2.24) is 10.3 Å². The van der Waals surface area contributed by atoms with Crippen molar-refractivity contribution in [2.45, 2.75) is 26.2 Å². The van der Waals surface area contributed by atoms with Gasteiger partial charge in [-0.25, -0.2) is 5.43 Å². The van der Waals surface area contributed by atoms with E-state index in [-0.39, 0.29) is 5.91 Å². The highest BCUT2D eigenvalue weighted by molar-refractivity contribution is 5.86. The first kappa shape index (κ1) is 10.2. The molecular formula is C9H17N3O. The average Bonchev–Trinajstić information content (AvgIpc) is 2.27. The third-order valence-corrected chi connectivity index (χ3v) is 2.16. The van der Waals surface area contributed by atoms with Crippen LogP contribution in [0.15, 0.2) is 5.10 Å². The Labute approximate surface area is 79.0 Å². The van der Waals surface area contributed by atoms with Gasteiger partial charge in [-0.05, 0) is 26.4 Å². The summed E-state index contributed by atoms with van der Waals surface area (Å²) in [5.74, 6) is -0.0925. The maximum atomic E-state index is 10.6. The SMILES string of the molecule is CC(=O)NN=C1CCCN(C)CC1. The van der Waals surface area contributed by atoms with E-state index in [4.69, 9.17) is 0 Å². The minimum atomic E-state index is -0.0925. The van der Waals surface area contributed by atoms with Gasteiger partial charge in [0, 0.05) is 25.6 Å². The summed E-state index contributed by atoms with van der Waals surface area (Å²) in [4.78, 5) is 12.9. The van der Waals surface area contributed by atoms with Crippen molar-refractivity contribution >= 4 is 11.6 Å². The first-order valence-corrected chi connectivity index (χ1v) is 4.69. The van der Waals surface area contributed by atoms with E-state index in [0.29, 0.717) is 0 Å². The van der Waals surface area contributed by atoms with Gasteiger partial charge in [0.15, 0.2) is 0 Å². The van der Waals surface area contributed by atoms with Crippen LogP contribution >= 0.6 is 0 Å². The molecule has 0 aromatic rings. The summed E-state index contributed by atoms with van der Waals surface area (Å²) >= 11 is 0. The first-order valence-electron chi connectivity index (χ1n) is 4.69. The lowest BCUT2D eigenvalue weighted by Crippen LogP contribution is -2.19. The van der Waals surface area contributed by atoms with Crippen molar-refractivity contribution in [3.8, 4) is 0 Å². The van der Waals surface area contributed by atoms with Gasteiger partial charge in [0.05, 0.1) is 0 Å². The number of amides is 1. The second kappa shape index (κ2) is 4.97. The van der Waals surface area contributed by atoms with Crippen LogP contribution in [-0.4, -0.2) is 36.7 Å². The Kier molecular flexibility index (Phi) is 3.89. The van der Waals surface area contributed by atoms with Crippen molar-refractivity contribution < 1.29 is 4.79 Å². The molecule has 0 unspecified atom stereocenters. The van der Waals surface area contributed by atoms with Gasteiger partial charge in [-0.15, -0.1) is 0 Å². The highest BCUT2D eigenvalue weighted by Gasteiger charge is 2.09. The van der Waals surface area contributed by atoms with Crippen LogP contribution < -0.4 is 5.43 Å². The fraction of sp³-hybridized carbons (Fsp3) is 0.778. The Morgan fingerprint density at radius 1 is 1.46 bits per heavy atom. The van der Waals surface area contributed by atoms with Crippen LogP contribution in [0, 0.1) is 0 Å². The molecule has 1 rings (SSSR count). The normalized spacial score (nSPS) is 22.8. The van der Waals surface area contributed by atoms with Gasteiger partial charge >= 0.3 is 0 Å². The van der Waals surface area contributed by atoms with Crippen LogP contribution in [0.5, 0.6) is 0 Å². The fourth-order valence-electron chi connectivity index (χ4n) is 1.38. The summed E-state index contributed by atoms with van der Waals surface area (Å²) in [7, 11) is 2.11. The lowest BCUT2D eigenvalue weighted by Gasteiger charge is -2.10. The van der Waals surface area contributed by atoms with Crippen molar-refractivity contribution in [1.29, 1.82) is 0 Å². The molecule has 0 aromatic heterocycles. The van der Waals surface area contributed by atoms with Gasteiger partial charge in [-0.1, -0.05) is 0 Å². The smallest absolute Gasteiger partial charge is 0.236 e. The van der Waals surface area contributed by atoms with Crippen LogP contribution in [0.25, 0.3) is 0 Å². The quantitative estimate of drug-likeness (QED) is 0.605. The van der Waals surface area contributed by atoms with E-state index in [0.717, 1.165) is 38.1 Å². The lowest BCUT2D eigenvalue weighted by atomic mass is 10.2. The Hall–Kier alpha value is -0.900. The molecule has 0 spiro atoms. The highest BCUT2D eigenvalue weighted by Crippen LogP contribution is 2.05. The maximum absolute atomic E-state index is 10.6. The first-order chi connectivity index (χ1) is 6.18. The van der Waals surface area contributed by atoms with Gasteiger partial charge in [0.25, 0.3) is 0 Å². The number of hydrazone groups is 1. The minimum Gasteiger partial charge on any atom is -0.306 e. The zero-order valence-electron chi connectivity index (χ0n) is 8.34. The number of carbonyl (C=O) groups is 1. The third-order valence-electron chi connectivity index (χ3n) is 2.16. The molecule has 1 fully saturated rings. The van der Waals surface area contributed by atoms with Crippen LogP contribution in [0.3, 0.4) is 0 Å². The molecule has 1 aliphatic rings. The van der Waals surface area contributed by atoms with Gasteiger partial charge in [-0.3, -0.25) is 4.79 Å². The number of carbonyl (C=O) groups excluding carboxylic acids is 1. The molecule has 0 radical (unpaired) electrons. The van der Waals surface area contributed by atoms with Gasteiger partial charge < -0.3 is 4.90 Å². The Morgan fingerprint density at radius 3 is 2.92 bits per heavy atom. The standard InChI is InChI=1S/C9H17N3O/c1-8(13)10-11-9-4-3-6-12(2)7-5-9/h3-7H2,1-2H3,(H,10,13). The molecule has 1 heterocycles. The van der Waals surface area contributed by atoms with E-state index in [1.54, 1.807) is 0 Å². The second-order valence-corrected chi connectivity index (χ2v) is 3.50. The molecule has 74 valence electrons. The molecule has 0 aromatic carbocycles. The molecule has 4 nitrogen and oxygen atoms in total. The third kappa shape index (κ3) is 4.03.